The summed E-state index contributed by atoms with van der Waals surface area (Å²) in [5.41, 5.74) is 4.32. The van der Waals surface area contributed by atoms with Crippen LogP contribution in [0.4, 0.5) is 5.69 Å². The molecular weight excluding hydrogens is 368 g/mol. The van der Waals surface area contributed by atoms with Crippen molar-refractivity contribution in [2.75, 3.05) is 11.9 Å². The SMILES string of the molecule is CCCCNC(=O)c1cccc2c1NC(c1cccc3ccccc13)C1CC=CC21. The predicted molar refractivity (Wildman–Crippen MR) is 124 cm³/mol. The minimum Gasteiger partial charge on any atom is -0.377 e. The number of carbonyl (C=O) groups is 1. The minimum absolute atomic E-state index is 0.0184. The monoisotopic (exact) mass is 396 g/mol. The highest BCUT2D eigenvalue weighted by atomic mass is 16.1. The lowest BCUT2D eigenvalue weighted by atomic mass is 9.75. The van der Waals surface area contributed by atoms with Gasteiger partial charge < -0.3 is 10.6 Å². The summed E-state index contributed by atoms with van der Waals surface area (Å²) in [4.78, 5) is 13.0. The van der Waals surface area contributed by atoms with E-state index in [0.29, 0.717) is 11.8 Å². The van der Waals surface area contributed by atoms with Gasteiger partial charge in [-0.25, -0.2) is 0 Å². The van der Waals surface area contributed by atoms with Crippen molar-refractivity contribution >= 4 is 22.4 Å². The topological polar surface area (TPSA) is 41.1 Å². The zero-order valence-corrected chi connectivity index (χ0v) is 17.4. The van der Waals surface area contributed by atoms with E-state index < -0.39 is 0 Å². The number of carbonyl (C=O) groups excluding carboxylic acids is 1. The minimum atomic E-state index is 0.0184. The Kier molecular flexibility index (Phi) is 5.04. The Morgan fingerprint density at radius 3 is 2.73 bits per heavy atom. The smallest absolute Gasteiger partial charge is 0.253 e. The van der Waals surface area contributed by atoms with E-state index in [4.69, 9.17) is 0 Å². The first kappa shape index (κ1) is 18.9. The highest BCUT2D eigenvalue weighted by molar-refractivity contribution is 6.01. The molecule has 0 saturated heterocycles. The van der Waals surface area contributed by atoms with Crippen LogP contribution in [-0.4, -0.2) is 12.5 Å². The van der Waals surface area contributed by atoms with E-state index in [0.717, 1.165) is 37.1 Å². The fraction of sp³-hybridized carbons (Fsp3) is 0.296. The Morgan fingerprint density at radius 2 is 1.83 bits per heavy atom. The average molecular weight is 397 g/mol. The number of hydrogen-bond donors (Lipinski definition) is 2. The van der Waals surface area contributed by atoms with E-state index in [1.165, 1.54) is 21.9 Å². The molecule has 0 bridgehead atoms. The lowest BCUT2D eigenvalue weighted by Gasteiger charge is -2.38. The molecule has 152 valence electrons. The van der Waals surface area contributed by atoms with Gasteiger partial charge in [0.25, 0.3) is 5.91 Å². The molecule has 2 N–H and O–H groups in total. The zero-order valence-electron chi connectivity index (χ0n) is 17.4. The van der Waals surface area contributed by atoms with Crippen LogP contribution < -0.4 is 10.6 Å². The largest absolute Gasteiger partial charge is 0.377 e. The molecule has 3 aromatic rings. The Hall–Kier alpha value is -3.07. The number of para-hydroxylation sites is 1. The Balaban J connectivity index is 1.58. The summed E-state index contributed by atoms with van der Waals surface area (Å²) in [6.45, 7) is 2.86. The molecule has 1 aliphatic carbocycles. The molecule has 0 radical (unpaired) electrons. The van der Waals surface area contributed by atoms with Gasteiger partial charge in [0, 0.05) is 12.5 Å². The van der Waals surface area contributed by atoms with Gasteiger partial charge in [-0.05, 0) is 46.7 Å². The van der Waals surface area contributed by atoms with Crippen LogP contribution in [0.25, 0.3) is 10.8 Å². The van der Waals surface area contributed by atoms with Crippen molar-refractivity contribution in [1.82, 2.24) is 5.32 Å². The zero-order chi connectivity index (χ0) is 20.5. The van der Waals surface area contributed by atoms with E-state index in [-0.39, 0.29) is 11.9 Å². The molecule has 3 aromatic carbocycles. The van der Waals surface area contributed by atoms with Crippen molar-refractivity contribution in [3.8, 4) is 0 Å². The Labute approximate surface area is 178 Å². The highest BCUT2D eigenvalue weighted by Crippen LogP contribution is 2.51. The first-order valence-corrected chi connectivity index (χ1v) is 11.1. The van der Waals surface area contributed by atoms with Crippen LogP contribution >= 0.6 is 0 Å². The molecule has 30 heavy (non-hydrogen) atoms. The maximum atomic E-state index is 13.0. The second-order valence-electron chi connectivity index (χ2n) is 8.42. The lowest BCUT2D eigenvalue weighted by Crippen LogP contribution is -2.32. The molecule has 0 aromatic heterocycles. The fourth-order valence-electron chi connectivity index (χ4n) is 5.11. The quantitative estimate of drug-likeness (QED) is 0.398. The Morgan fingerprint density at radius 1 is 1.03 bits per heavy atom. The van der Waals surface area contributed by atoms with Gasteiger partial charge in [0.15, 0.2) is 0 Å². The van der Waals surface area contributed by atoms with E-state index in [2.05, 4.69) is 78.2 Å². The molecule has 0 saturated carbocycles. The third-order valence-electron chi connectivity index (χ3n) is 6.62. The summed E-state index contributed by atoms with van der Waals surface area (Å²) in [7, 11) is 0. The van der Waals surface area contributed by atoms with Gasteiger partial charge in [0.2, 0.25) is 0 Å². The molecular formula is C27H28N2O. The van der Waals surface area contributed by atoms with Crippen LogP contribution in [0.15, 0.2) is 72.8 Å². The molecule has 1 aliphatic heterocycles. The van der Waals surface area contributed by atoms with E-state index >= 15 is 0 Å². The van der Waals surface area contributed by atoms with Crippen molar-refractivity contribution < 1.29 is 4.79 Å². The maximum absolute atomic E-state index is 13.0. The van der Waals surface area contributed by atoms with Crippen LogP contribution in [0.5, 0.6) is 0 Å². The molecule has 1 amide bonds. The van der Waals surface area contributed by atoms with Crippen LogP contribution in [0.3, 0.4) is 0 Å². The van der Waals surface area contributed by atoms with Crippen LogP contribution in [-0.2, 0) is 0 Å². The summed E-state index contributed by atoms with van der Waals surface area (Å²) in [6, 6.07) is 21.5. The van der Waals surface area contributed by atoms with Gasteiger partial charge in [-0.3, -0.25) is 4.79 Å². The van der Waals surface area contributed by atoms with Crippen LogP contribution in [0.2, 0.25) is 0 Å². The second kappa shape index (κ2) is 7.98. The third-order valence-corrected chi connectivity index (χ3v) is 6.62. The molecule has 3 atom stereocenters. The average Bonchev–Trinajstić information content (AvgIpc) is 3.28. The number of amides is 1. The second-order valence-corrected chi connectivity index (χ2v) is 8.42. The summed E-state index contributed by atoms with van der Waals surface area (Å²) in [6.07, 6.45) is 7.76. The number of anilines is 1. The predicted octanol–water partition coefficient (Wildman–Crippen LogP) is 6.20. The van der Waals surface area contributed by atoms with E-state index in [1.54, 1.807) is 0 Å². The Bertz CT molecular complexity index is 1110. The number of rotatable bonds is 5. The van der Waals surface area contributed by atoms with Crippen molar-refractivity contribution in [3.63, 3.8) is 0 Å². The molecule has 0 fully saturated rings. The van der Waals surface area contributed by atoms with Crippen molar-refractivity contribution in [1.29, 1.82) is 0 Å². The molecule has 0 spiro atoms. The number of unbranched alkanes of at least 4 members (excludes halogenated alkanes) is 1. The van der Waals surface area contributed by atoms with Crippen molar-refractivity contribution in [3.05, 3.63) is 89.5 Å². The van der Waals surface area contributed by atoms with Crippen molar-refractivity contribution in [2.45, 2.75) is 38.1 Å². The highest BCUT2D eigenvalue weighted by Gasteiger charge is 2.39. The number of hydrogen-bond acceptors (Lipinski definition) is 2. The number of nitrogens with one attached hydrogen (secondary N) is 2. The van der Waals surface area contributed by atoms with Gasteiger partial charge >= 0.3 is 0 Å². The van der Waals surface area contributed by atoms with E-state index in [1.807, 2.05) is 12.1 Å². The van der Waals surface area contributed by atoms with E-state index in [9.17, 15) is 4.79 Å². The molecule has 1 heterocycles. The summed E-state index contributed by atoms with van der Waals surface area (Å²) in [5.74, 6) is 0.820. The standard InChI is InChI=1S/C27H28N2O/c1-2-3-17-28-27(30)24-16-8-15-23-20-12-7-14-22(20)25(29-26(23)24)21-13-6-10-18-9-4-5-11-19(18)21/h4-13,15-16,20,22,25,29H,2-3,14,17H2,1H3,(H,28,30). The molecule has 2 aliphatic rings. The van der Waals surface area contributed by atoms with Gasteiger partial charge in [0.05, 0.1) is 17.3 Å². The summed E-state index contributed by atoms with van der Waals surface area (Å²) < 4.78 is 0. The molecule has 3 nitrogen and oxygen atoms in total. The fourth-order valence-corrected chi connectivity index (χ4v) is 5.11. The lowest BCUT2D eigenvalue weighted by molar-refractivity contribution is 0.0953. The first-order chi connectivity index (χ1) is 14.8. The van der Waals surface area contributed by atoms with Gasteiger partial charge in [-0.1, -0.05) is 80.1 Å². The van der Waals surface area contributed by atoms with Gasteiger partial charge in [0.1, 0.15) is 0 Å². The van der Waals surface area contributed by atoms with Gasteiger partial charge in [-0.2, -0.15) is 0 Å². The number of benzene rings is 3. The normalized spacial score (nSPS) is 21.7. The van der Waals surface area contributed by atoms with Gasteiger partial charge in [-0.15, -0.1) is 0 Å². The third kappa shape index (κ3) is 3.19. The first-order valence-electron chi connectivity index (χ1n) is 11.1. The maximum Gasteiger partial charge on any atom is 0.253 e. The molecule has 3 unspecified atom stereocenters. The molecule has 3 heteroatoms. The molecule has 5 rings (SSSR count). The van der Waals surface area contributed by atoms with Crippen LogP contribution in [0.1, 0.15) is 59.6 Å². The summed E-state index contributed by atoms with van der Waals surface area (Å²) in [5, 5.41) is 9.46. The summed E-state index contributed by atoms with van der Waals surface area (Å²) >= 11 is 0. The van der Waals surface area contributed by atoms with Crippen LogP contribution in [0, 0.1) is 5.92 Å². The van der Waals surface area contributed by atoms with Crippen molar-refractivity contribution in [2.24, 2.45) is 5.92 Å². The number of fused-ring (bicyclic) bond motifs is 4. The number of allylic oxidation sites excluding steroid dienone is 2.